The van der Waals surface area contributed by atoms with Crippen molar-refractivity contribution in [2.75, 3.05) is 12.3 Å². The van der Waals surface area contributed by atoms with E-state index in [-0.39, 0.29) is 5.41 Å². The predicted octanol–water partition coefficient (Wildman–Crippen LogP) is 1.74. The smallest absolute Gasteiger partial charge is 0.166 e. The lowest BCUT2D eigenvalue weighted by Gasteiger charge is -2.13. The van der Waals surface area contributed by atoms with Gasteiger partial charge in [0.15, 0.2) is 11.6 Å². The second kappa shape index (κ2) is 3.77. The SMILES string of the molecule is N#CCC1(COc2cccnc2N)CC1. The first kappa shape index (κ1) is 9.78. The summed E-state index contributed by atoms with van der Waals surface area (Å²) in [6, 6.07) is 5.78. The Balaban J connectivity index is 1.94. The van der Waals surface area contributed by atoms with Gasteiger partial charge in [-0.2, -0.15) is 5.26 Å². The quantitative estimate of drug-likeness (QED) is 0.808. The van der Waals surface area contributed by atoms with Crippen molar-refractivity contribution >= 4 is 5.82 Å². The van der Waals surface area contributed by atoms with Crippen molar-refractivity contribution < 1.29 is 4.74 Å². The fourth-order valence-electron chi connectivity index (χ4n) is 1.47. The van der Waals surface area contributed by atoms with Gasteiger partial charge in [0.25, 0.3) is 0 Å². The Labute approximate surface area is 88.7 Å². The van der Waals surface area contributed by atoms with E-state index in [2.05, 4.69) is 11.1 Å². The molecule has 0 bridgehead atoms. The highest BCUT2D eigenvalue weighted by Crippen LogP contribution is 2.48. The molecule has 2 N–H and O–H groups in total. The topological polar surface area (TPSA) is 71.9 Å². The zero-order valence-corrected chi connectivity index (χ0v) is 8.44. The number of nitriles is 1. The number of nitrogens with two attached hydrogens (primary N) is 1. The Kier molecular flexibility index (Phi) is 2.46. The van der Waals surface area contributed by atoms with Crippen molar-refractivity contribution in [3.8, 4) is 11.8 Å². The maximum absolute atomic E-state index is 8.65. The van der Waals surface area contributed by atoms with Crippen LogP contribution in [0.1, 0.15) is 19.3 Å². The van der Waals surface area contributed by atoms with Crippen molar-refractivity contribution in [3.05, 3.63) is 18.3 Å². The molecule has 1 aliphatic rings. The summed E-state index contributed by atoms with van der Waals surface area (Å²) in [5.41, 5.74) is 5.72. The first-order valence-electron chi connectivity index (χ1n) is 4.96. The maximum atomic E-state index is 8.65. The summed E-state index contributed by atoms with van der Waals surface area (Å²) in [4.78, 5) is 3.93. The summed E-state index contributed by atoms with van der Waals surface area (Å²) in [7, 11) is 0. The van der Waals surface area contributed by atoms with Crippen LogP contribution in [0.3, 0.4) is 0 Å². The van der Waals surface area contributed by atoms with Gasteiger partial charge in [0.1, 0.15) is 0 Å². The highest BCUT2D eigenvalue weighted by Gasteiger charge is 2.43. The van der Waals surface area contributed by atoms with Crippen LogP contribution in [0.25, 0.3) is 0 Å². The van der Waals surface area contributed by atoms with E-state index in [1.54, 1.807) is 18.3 Å². The summed E-state index contributed by atoms with van der Waals surface area (Å²) in [6.45, 7) is 0.566. The molecule has 2 rings (SSSR count). The average molecular weight is 203 g/mol. The number of aromatic nitrogens is 1. The van der Waals surface area contributed by atoms with E-state index in [0.717, 1.165) is 12.8 Å². The fraction of sp³-hybridized carbons (Fsp3) is 0.455. The van der Waals surface area contributed by atoms with Crippen LogP contribution in [0.2, 0.25) is 0 Å². The number of hydrogen-bond donors (Lipinski definition) is 1. The van der Waals surface area contributed by atoms with E-state index in [9.17, 15) is 0 Å². The highest BCUT2D eigenvalue weighted by atomic mass is 16.5. The van der Waals surface area contributed by atoms with Crippen molar-refractivity contribution in [1.82, 2.24) is 4.98 Å². The fourth-order valence-corrected chi connectivity index (χ4v) is 1.47. The van der Waals surface area contributed by atoms with Crippen LogP contribution in [-0.4, -0.2) is 11.6 Å². The molecule has 1 heterocycles. The van der Waals surface area contributed by atoms with E-state index in [4.69, 9.17) is 15.7 Å². The molecule has 0 aliphatic heterocycles. The van der Waals surface area contributed by atoms with Crippen molar-refractivity contribution in [2.45, 2.75) is 19.3 Å². The molecule has 0 radical (unpaired) electrons. The summed E-state index contributed by atoms with van der Waals surface area (Å²) >= 11 is 0. The number of nitrogen functional groups attached to an aromatic ring is 1. The number of anilines is 1. The van der Waals surface area contributed by atoms with Gasteiger partial charge in [0, 0.05) is 18.0 Å². The molecule has 1 aliphatic carbocycles. The molecule has 0 spiro atoms. The van der Waals surface area contributed by atoms with Gasteiger partial charge in [0.2, 0.25) is 0 Å². The second-order valence-electron chi connectivity index (χ2n) is 4.01. The Hall–Kier alpha value is -1.76. The maximum Gasteiger partial charge on any atom is 0.166 e. The van der Waals surface area contributed by atoms with E-state index in [0.29, 0.717) is 24.6 Å². The third-order valence-electron chi connectivity index (χ3n) is 2.74. The molecule has 78 valence electrons. The minimum atomic E-state index is 0.0804. The van der Waals surface area contributed by atoms with Crippen LogP contribution in [0.15, 0.2) is 18.3 Å². The average Bonchev–Trinajstić information content (AvgIpc) is 2.98. The zero-order valence-electron chi connectivity index (χ0n) is 8.44. The minimum absolute atomic E-state index is 0.0804. The van der Waals surface area contributed by atoms with Crippen molar-refractivity contribution in [3.63, 3.8) is 0 Å². The van der Waals surface area contributed by atoms with E-state index < -0.39 is 0 Å². The third-order valence-corrected chi connectivity index (χ3v) is 2.74. The van der Waals surface area contributed by atoms with Gasteiger partial charge >= 0.3 is 0 Å². The molecule has 4 heteroatoms. The van der Waals surface area contributed by atoms with Crippen LogP contribution in [0, 0.1) is 16.7 Å². The Morgan fingerprint density at radius 2 is 2.40 bits per heavy atom. The Bertz CT molecular complexity index is 393. The molecule has 1 fully saturated rings. The molecule has 1 aromatic rings. The molecule has 0 saturated heterocycles. The number of hydrogen-bond acceptors (Lipinski definition) is 4. The third kappa shape index (κ3) is 2.18. The first-order valence-corrected chi connectivity index (χ1v) is 4.96. The Morgan fingerprint density at radius 3 is 3.00 bits per heavy atom. The van der Waals surface area contributed by atoms with Gasteiger partial charge < -0.3 is 10.5 Å². The molecule has 1 saturated carbocycles. The van der Waals surface area contributed by atoms with Crippen LogP contribution in [0.5, 0.6) is 5.75 Å². The Morgan fingerprint density at radius 1 is 1.60 bits per heavy atom. The summed E-state index contributed by atoms with van der Waals surface area (Å²) < 4.78 is 5.58. The zero-order chi connectivity index (χ0) is 10.7. The molecular weight excluding hydrogens is 190 g/mol. The molecule has 0 aromatic carbocycles. The summed E-state index contributed by atoms with van der Waals surface area (Å²) in [6.07, 6.45) is 4.33. The van der Waals surface area contributed by atoms with Gasteiger partial charge in [-0.25, -0.2) is 4.98 Å². The van der Waals surface area contributed by atoms with Crippen LogP contribution < -0.4 is 10.5 Å². The van der Waals surface area contributed by atoms with Gasteiger partial charge in [-0.3, -0.25) is 0 Å². The lowest BCUT2D eigenvalue weighted by atomic mass is 10.1. The van der Waals surface area contributed by atoms with Gasteiger partial charge in [-0.15, -0.1) is 0 Å². The lowest BCUT2D eigenvalue weighted by molar-refractivity contribution is 0.237. The van der Waals surface area contributed by atoms with Gasteiger partial charge in [0.05, 0.1) is 12.7 Å². The normalized spacial score (nSPS) is 16.7. The molecule has 4 nitrogen and oxygen atoms in total. The molecule has 0 atom stereocenters. The number of nitrogens with zero attached hydrogens (tertiary/aromatic N) is 2. The first-order chi connectivity index (χ1) is 7.26. The summed E-state index contributed by atoms with van der Waals surface area (Å²) in [5.74, 6) is 1.02. The predicted molar refractivity (Wildman–Crippen MR) is 56.0 cm³/mol. The van der Waals surface area contributed by atoms with Gasteiger partial charge in [-0.1, -0.05) is 0 Å². The molecule has 0 amide bonds. The standard InChI is InChI=1S/C11H13N3O/c12-6-5-11(3-4-11)8-15-9-2-1-7-14-10(9)13/h1-2,7H,3-5,8H2,(H2,13,14). The van der Waals surface area contributed by atoms with E-state index >= 15 is 0 Å². The van der Waals surface area contributed by atoms with Crippen LogP contribution >= 0.6 is 0 Å². The molecule has 15 heavy (non-hydrogen) atoms. The largest absolute Gasteiger partial charge is 0.489 e. The van der Waals surface area contributed by atoms with Crippen LogP contribution in [0.4, 0.5) is 5.82 Å². The lowest BCUT2D eigenvalue weighted by Crippen LogP contribution is -2.13. The highest BCUT2D eigenvalue weighted by molar-refractivity contribution is 5.44. The number of ether oxygens (including phenoxy) is 1. The molecule has 0 unspecified atom stereocenters. The van der Waals surface area contributed by atoms with Gasteiger partial charge in [-0.05, 0) is 25.0 Å². The minimum Gasteiger partial charge on any atom is -0.489 e. The molecular formula is C11H13N3O. The molecule has 1 aromatic heterocycles. The van der Waals surface area contributed by atoms with Crippen molar-refractivity contribution in [2.24, 2.45) is 5.41 Å². The van der Waals surface area contributed by atoms with Crippen molar-refractivity contribution in [1.29, 1.82) is 5.26 Å². The summed E-state index contributed by atoms with van der Waals surface area (Å²) in [5, 5.41) is 8.65. The number of pyridine rings is 1. The second-order valence-corrected chi connectivity index (χ2v) is 4.01. The monoisotopic (exact) mass is 203 g/mol. The van der Waals surface area contributed by atoms with Crippen LogP contribution in [-0.2, 0) is 0 Å². The van der Waals surface area contributed by atoms with E-state index in [1.165, 1.54) is 0 Å². The number of rotatable bonds is 4. The van der Waals surface area contributed by atoms with E-state index in [1.807, 2.05) is 0 Å².